The Balaban J connectivity index is 3.03. The summed E-state index contributed by atoms with van der Waals surface area (Å²) in [6.07, 6.45) is -4.55. The van der Waals surface area contributed by atoms with Gasteiger partial charge in [0.25, 0.3) is 5.56 Å². The van der Waals surface area contributed by atoms with Crippen molar-refractivity contribution in [1.82, 2.24) is 9.55 Å². The second kappa shape index (κ2) is 3.31. The third kappa shape index (κ3) is 1.42. The summed E-state index contributed by atoms with van der Waals surface area (Å²) < 4.78 is 39.5. The summed E-state index contributed by atoms with van der Waals surface area (Å²) in [7, 11) is 1.44. The van der Waals surface area contributed by atoms with Crippen LogP contribution in [-0.2, 0) is 13.2 Å². The van der Waals surface area contributed by atoms with Gasteiger partial charge in [-0.1, -0.05) is 0 Å². The van der Waals surface area contributed by atoms with Crippen LogP contribution in [0.15, 0.2) is 10.3 Å². The number of hydrogen-bond donors (Lipinski definition) is 0. The molecule has 0 saturated heterocycles. The van der Waals surface area contributed by atoms with Gasteiger partial charge in [0.1, 0.15) is 10.3 Å². The first-order chi connectivity index (χ1) is 7.34. The molecule has 2 aromatic heterocycles. The van der Waals surface area contributed by atoms with Gasteiger partial charge in [-0.15, -0.1) is 11.3 Å². The van der Waals surface area contributed by atoms with Gasteiger partial charge in [0.15, 0.2) is 0 Å². The normalized spacial score (nSPS) is 12.3. The maximum atomic E-state index is 12.8. The summed E-state index contributed by atoms with van der Waals surface area (Å²) in [5, 5.41) is 0. The molecule has 0 fully saturated rings. The number of fused-ring (bicyclic) bond motifs is 1. The molecule has 2 heterocycles. The van der Waals surface area contributed by atoms with Crippen LogP contribution >= 0.6 is 11.3 Å². The Hall–Kier alpha value is -1.37. The Kier molecular flexibility index (Phi) is 2.30. The zero-order valence-corrected chi connectivity index (χ0v) is 9.24. The monoisotopic (exact) mass is 248 g/mol. The van der Waals surface area contributed by atoms with E-state index in [9.17, 15) is 18.0 Å². The molecule has 0 saturated carbocycles. The number of nitrogens with zero attached hydrogens (tertiary/aromatic N) is 2. The predicted molar refractivity (Wildman–Crippen MR) is 54.6 cm³/mol. The summed E-state index contributed by atoms with van der Waals surface area (Å²) in [5.41, 5.74) is -0.722. The van der Waals surface area contributed by atoms with Gasteiger partial charge < -0.3 is 4.57 Å². The van der Waals surface area contributed by atoms with E-state index in [2.05, 4.69) is 4.98 Å². The van der Waals surface area contributed by atoms with E-state index in [1.807, 2.05) is 0 Å². The summed E-state index contributed by atoms with van der Waals surface area (Å²) in [6, 6.07) is 0. The summed E-state index contributed by atoms with van der Waals surface area (Å²) in [4.78, 5) is 15.5. The first-order valence-corrected chi connectivity index (χ1v) is 5.22. The molecule has 7 heteroatoms. The zero-order valence-electron chi connectivity index (χ0n) is 8.42. The van der Waals surface area contributed by atoms with E-state index in [-0.39, 0.29) is 15.9 Å². The van der Waals surface area contributed by atoms with Gasteiger partial charge >= 0.3 is 6.18 Å². The fourth-order valence-electron chi connectivity index (χ4n) is 1.62. The van der Waals surface area contributed by atoms with Crippen molar-refractivity contribution in [2.24, 2.45) is 7.05 Å². The lowest BCUT2D eigenvalue weighted by atomic mass is 10.1. The predicted octanol–water partition coefficient (Wildman–Crippen LogP) is 2.32. The van der Waals surface area contributed by atoms with E-state index >= 15 is 0 Å². The zero-order chi connectivity index (χ0) is 12.1. The minimum Gasteiger partial charge on any atom is -0.301 e. The molecule has 0 aliphatic rings. The molecule has 0 atom stereocenters. The van der Waals surface area contributed by atoms with Crippen LogP contribution in [-0.4, -0.2) is 9.55 Å². The van der Waals surface area contributed by atoms with Crippen molar-refractivity contribution in [3.05, 3.63) is 27.0 Å². The van der Waals surface area contributed by atoms with Gasteiger partial charge in [0, 0.05) is 12.6 Å². The van der Waals surface area contributed by atoms with E-state index in [1.165, 1.54) is 24.0 Å². The van der Waals surface area contributed by atoms with Gasteiger partial charge in [-0.2, -0.15) is 13.2 Å². The fraction of sp³-hybridized carbons (Fsp3) is 0.333. The average Bonchev–Trinajstić information content (AvgIpc) is 2.61. The molecule has 86 valence electrons. The number of hydrogen-bond acceptors (Lipinski definition) is 3. The number of halogens is 3. The molecule has 0 N–H and O–H groups in total. The van der Waals surface area contributed by atoms with E-state index < -0.39 is 17.3 Å². The molecule has 0 aliphatic heterocycles. The second-order valence-electron chi connectivity index (χ2n) is 3.37. The van der Waals surface area contributed by atoms with E-state index in [4.69, 9.17) is 0 Å². The Morgan fingerprint density at radius 3 is 2.62 bits per heavy atom. The second-order valence-corrected chi connectivity index (χ2v) is 4.20. The molecule has 0 aromatic carbocycles. The standard InChI is InChI=1S/C9H7F3N2OS/c1-4-5(9(10,11)12)6-8(16-3-13-6)14(2)7(4)15/h3H,1-2H3. The lowest BCUT2D eigenvalue weighted by Crippen LogP contribution is -2.24. The Bertz CT molecular complexity index is 611. The van der Waals surface area contributed by atoms with Crippen LogP contribution in [0.2, 0.25) is 0 Å². The van der Waals surface area contributed by atoms with E-state index in [0.717, 1.165) is 11.3 Å². The number of aryl methyl sites for hydroxylation is 1. The van der Waals surface area contributed by atoms with Crippen molar-refractivity contribution in [2.45, 2.75) is 13.1 Å². The molecule has 0 aliphatic carbocycles. The van der Waals surface area contributed by atoms with Crippen molar-refractivity contribution in [2.75, 3.05) is 0 Å². The van der Waals surface area contributed by atoms with Crippen molar-refractivity contribution in [3.8, 4) is 0 Å². The maximum absolute atomic E-state index is 12.8. The van der Waals surface area contributed by atoms with Gasteiger partial charge in [-0.05, 0) is 6.92 Å². The Labute approximate surface area is 92.2 Å². The molecule has 3 nitrogen and oxygen atoms in total. The highest BCUT2D eigenvalue weighted by Crippen LogP contribution is 2.35. The van der Waals surface area contributed by atoms with E-state index in [1.54, 1.807) is 0 Å². The lowest BCUT2D eigenvalue weighted by molar-refractivity contribution is -0.137. The molecule has 2 rings (SSSR count). The van der Waals surface area contributed by atoms with Gasteiger partial charge in [0.2, 0.25) is 0 Å². The van der Waals surface area contributed by atoms with Crippen LogP contribution < -0.4 is 5.56 Å². The fourth-order valence-corrected chi connectivity index (χ4v) is 2.39. The molecule has 0 spiro atoms. The van der Waals surface area contributed by atoms with Crippen molar-refractivity contribution < 1.29 is 13.2 Å². The minimum atomic E-state index is -4.55. The smallest absolute Gasteiger partial charge is 0.301 e. The Morgan fingerprint density at radius 1 is 1.44 bits per heavy atom. The van der Waals surface area contributed by atoms with Crippen LogP contribution in [0.5, 0.6) is 0 Å². The molecule has 0 bridgehead atoms. The highest BCUT2D eigenvalue weighted by atomic mass is 32.1. The van der Waals surface area contributed by atoms with Crippen LogP contribution in [0, 0.1) is 6.92 Å². The third-order valence-corrected chi connectivity index (χ3v) is 3.28. The highest BCUT2D eigenvalue weighted by Gasteiger charge is 2.37. The summed E-state index contributed by atoms with van der Waals surface area (Å²) in [6.45, 7) is 1.17. The first-order valence-electron chi connectivity index (χ1n) is 4.34. The molecule has 0 amide bonds. The van der Waals surface area contributed by atoms with Crippen LogP contribution in [0.1, 0.15) is 11.1 Å². The lowest BCUT2D eigenvalue weighted by Gasteiger charge is -2.12. The summed E-state index contributed by atoms with van der Waals surface area (Å²) in [5.74, 6) is 0. The van der Waals surface area contributed by atoms with Crippen LogP contribution in [0.25, 0.3) is 10.3 Å². The first kappa shape index (κ1) is 11.1. The number of pyridine rings is 1. The number of aromatic nitrogens is 2. The van der Waals surface area contributed by atoms with Gasteiger partial charge in [0.05, 0.1) is 11.1 Å². The van der Waals surface area contributed by atoms with Crippen molar-refractivity contribution in [3.63, 3.8) is 0 Å². The molecule has 16 heavy (non-hydrogen) atoms. The van der Waals surface area contributed by atoms with Crippen molar-refractivity contribution >= 4 is 21.7 Å². The molecule has 0 radical (unpaired) electrons. The Morgan fingerprint density at radius 2 is 2.06 bits per heavy atom. The van der Waals surface area contributed by atoms with Gasteiger partial charge in [-0.3, -0.25) is 4.79 Å². The number of thiazole rings is 1. The summed E-state index contributed by atoms with van der Waals surface area (Å²) >= 11 is 1.02. The van der Waals surface area contributed by atoms with Gasteiger partial charge in [-0.25, -0.2) is 4.98 Å². The largest absolute Gasteiger partial charge is 0.419 e. The van der Waals surface area contributed by atoms with Crippen molar-refractivity contribution in [1.29, 1.82) is 0 Å². The SMILES string of the molecule is Cc1c(C(F)(F)F)c2ncsc2n(C)c1=O. The van der Waals surface area contributed by atoms with Crippen LogP contribution in [0.4, 0.5) is 13.2 Å². The molecular formula is C9H7F3N2OS. The third-order valence-electron chi connectivity index (χ3n) is 2.37. The molecular weight excluding hydrogens is 241 g/mol. The van der Waals surface area contributed by atoms with E-state index in [0.29, 0.717) is 0 Å². The highest BCUT2D eigenvalue weighted by molar-refractivity contribution is 7.16. The molecule has 2 aromatic rings. The average molecular weight is 248 g/mol. The van der Waals surface area contributed by atoms with Crippen LogP contribution in [0.3, 0.4) is 0 Å². The number of rotatable bonds is 0. The topological polar surface area (TPSA) is 34.9 Å². The number of alkyl halides is 3. The molecule has 0 unspecified atom stereocenters. The minimum absolute atomic E-state index is 0.155. The quantitative estimate of drug-likeness (QED) is 0.717. The maximum Gasteiger partial charge on any atom is 0.419 e.